The molecule has 0 aliphatic carbocycles. The molecular formula is C23H30N6O5. The lowest BCUT2D eigenvalue weighted by Gasteiger charge is -2.34. The van der Waals surface area contributed by atoms with E-state index < -0.39 is 29.7 Å². The Bertz CT molecular complexity index is 1000. The number of unbranched alkanes of at least 4 members (excludes halogenated alkanes) is 1. The number of nitrogens with one attached hydrogen (secondary N) is 2. The summed E-state index contributed by atoms with van der Waals surface area (Å²) in [4.78, 5) is 66.4. The fourth-order valence-electron chi connectivity index (χ4n) is 4.70. The first kappa shape index (κ1) is 23.8. The Morgan fingerprint density at radius 2 is 1.82 bits per heavy atom. The Morgan fingerprint density at radius 1 is 1.06 bits per heavy atom. The normalized spacial score (nSPS) is 21.0. The number of anilines is 1. The third-order valence-electron chi connectivity index (χ3n) is 6.58. The Hall–Kier alpha value is -3.31. The zero-order valence-electron chi connectivity index (χ0n) is 19.0. The maximum Gasteiger partial charge on any atom is 0.264 e. The van der Waals surface area contributed by atoms with Crippen molar-refractivity contribution in [3.05, 3.63) is 29.3 Å². The SMILES string of the molecule is NCC(=O)N1CCN(CCCCNc2cccc3c2C(=O)N(C2CCC(=O)NC2=O)C3=O)CC1. The minimum Gasteiger partial charge on any atom is -0.384 e. The number of carbonyl (C=O) groups is 5. The van der Waals surface area contributed by atoms with E-state index in [1.165, 1.54) is 0 Å². The third kappa shape index (κ3) is 4.80. The number of hydrogen-bond acceptors (Lipinski definition) is 8. The van der Waals surface area contributed by atoms with Gasteiger partial charge in [-0.3, -0.25) is 39.1 Å². The lowest BCUT2D eigenvalue weighted by Crippen LogP contribution is -2.54. The van der Waals surface area contributed by atoms with E-state index in [0.717, 1.165) is 37.4 Å². The number of nitrogens with two attached hydrogens (primary N) is 1. The molecule has 0 radical (unpaired) electrons. The number of amides is 5. The summed E-state index contributed by atoms with van der Waals surface area (Å²) in [5, 5.41) is 5.47. The smallest absolute Gasteiger partial charge is 0.264 e. The van der Waals surface area contributed by atoms with E-state index in [-0.39, 0.29) is 36.4 Å². The summed E-state index contributed by atoms with van der Waals surface area (Å²) in [7, 11) is 0. The summed E-state index contributed by atoms with van der Waals surface area (Å²) < 4.78 is 0. The molecule has 3 aliphatic heterocycles. The lowest BCUT2D eigenvalue weighted by molar-refractivity contribution is -0.136. The Labute approximate surface area is 197 Å². The predicted molar refractivity (Wildman–Crippen MR) is 123 cm³/mol. The van der Waals surface area contributed by atoms with Gasteiger partial charge in [0.2, 0.25) is 17.7 Å². The van der Waals surface area contributed by atoms with Crippen LogP contribution in [-0.4, -0.2) is 96.1 Å². The van der Waals surface area contributed by atoms with Crippen molar-refractivity contribution in [2.75, 3.05) is 51.1 Å². The number of fused-ring (bicyclic) bond motifs is 1. The van der Waals surface area contributed by atoms with Gasteiger partial charge in [0.15, 0.2) is 0 Å². The van der Waals surface area contributed by atoms with Gasteiger partial charge in [-0.25, -0.2) is 0 Å². The van der Waals surface area contributed by atoms with Crippen molar-refractivity contribution in [2.24, 2.45) is 5.73 Å². The summed E-state index contributed by atoms with van der Waals surface area (Å²) in [5.41, 5.74) is 6.53. The maximum absolute atomic E-state index is 13.1. The number of piperidine rings is 1. The van der Waals surface area contributed by atoms with Gasteiger partial charge in [0.1, 0.15) is 6.04 Å². The largest absolute Gasteiger partial charge is 0.384 e. The van der Waals surface area contributed by atoms with Crippen LogP contribution >= 0.6 is 0 Å². The average molecular weight is 471 g/mol. The predicted octanol–water partition coefficient (Wildman–Crippen LogP) is -0.617. The molecule has 3 aliphatic rings. The van der Waals surface area contributed by atoms with Crippen LogP contribution in [0.15, 0.2) is 18.2 Å². The summed E-state index contributed by atoms with van der Waals surface area (Å²) >= 11 is 0. The zero-order valence-corrected chi connectivity index (χ0v) is 19.0. The molecule has 1 aromatic carbocycles. The van der Waals surface area contributed by atoms with E-state index >= 15 is 0 Å². The van der Waals surface area contributed by atoms with Crippen molar-refractivity contribution in [3.8, 4) is 0 Å². The molecule has 2 fully saturated rings. The van der Waals surface area contributed by atoms with Crippen molar-refractivity contribution in [2.45, 2.75) is 31.7 Å². The van der Waals surface area contributed by atoms with Gasteiger partial charge in [0, 0.05) is 44.8 Å². The fraction of sp³-hybridized carbons (Fsp3) is 0.522. The number of piperazine rings is 1. The number of carbonyl (C=O) groups excluding carboxylic acids is 5. The fourth-order valence-corrected chi connectivity index (χ4v) is 4.70. The van der Waals surface area contributed by atoms with Gasteiger partial charge in [-0.1, -0.05) is 6.07 Å². The van der Waals surface area contributed by atoms with Gasteiger partial charge in [0.05, 0.1) is 17.7 Å². The molecule has 0 aromatic heterocycles. The molecule has 4 N–H and O–H groups in total. The molecule has 3 heterocycles. The lowest BCUT2D eigenvalue weighted by atomic mass is 10.0. The van der Waals surface area contributed by atoms with E-state index in [1.54, 1.807) is 23.1 Å². The monoisotopic (exact) mass is 470 g/mol. The Balaban J connectivity index is 1.28. The molecule has 1 unspecified atom stereocenters. The number of nitrogens with zero attached hydrogens (tertiary/aromatic N) is 3. The molecule has 11 heteroatoms. The number of benzene rings is 1. The average Bonchev–Trinajstić information content (AvgIpc) is 3.09. The maximum atomic E-state index is 13.1. The van der Waals surface area contributed by atoms with Crippen molar-refractivity contribution in [3.63, 3.8) is 0 Å². The Morgan fingerprint density at radius 3 is 2.53 bits per heavy atom. The van der Waals surface area contributed by atoms with Crippen LogP contribution in [0, 0.1) is 0 Å². The molecule has 0 saturated carbocycles. The van der Waals surface area contributed by atoms with Gasteiger partial charge in [-0.2, -0.15) is 0 Å². The first-order valence-electron chi connectivity index (χ1n) is 11.7. The molecule has 1 aromatic rings. The van der Waals surface area contributed by atoms with Crippen LogP contribution in [0.2, 0.25) is 0 Å². The molecule has 0 spiro atoms. The second-order valence-electron chi connectivity index (χ2n) is 8.74. The molecule has 4 rings (SSSR count). The van der Waals surface area contributed by atoms with Crippen LogP contribution in [0.25, 0.3) is 0 Å². The van der Waals surface area contributed by atoms with Crippen LogP contribution in [0.3, 0.4) is 0 Å². The number of hydrogen-bond donors (Lipinski definition) is 3. The third-order valence-corrected chi connectivity index (χ3v) is 6.58. The highest BCUT2D eigenvalue weighted by molar-refractivity contribution is 6.25. The van der Waals surface area contributed by atoms with Crippen molar-refractivity contribution >= 4 is 35.2 Å². The second kappa shape index (κ2) is 10.3. The quantitative estimate of drug-likeness (QED) is 0.337. The van der Waals surface area contributed by atoms with Gasteiger partial charge >= 0.3 is 0 Å². The van der Waals surface area contributed by atoms with Gasteiger partial charge in [0.25, 0.3) is 11.8 Å². The van der Waals surface area contributed by atoms with Crippen LogP contribution < -0.4 is 16.4 Å². The summed E-state index contributed by atoms with van der Waals surface area (Å²) in [6.07, 6.45) is 2.04. The molecule has 34 heavy (non-hydrogen) atoms. The van der Waals surface area contributed by atoms with Crippen molar-refractivity contribution < 1.29 is 24.0 Å². The summed E-state index contributed by atoms with van der Waals surface area (Å²) in [6, 6.07) is 4.08. The van der Waals surface area contributed by atoms with E-state index in [1.807, 2.05) is 0 Å². The highest BCUT2D eigenvalue weighted by Crippen LogP contribution is 2.32. The summed E-state index contributed by atoms with van der Waals surface area (Å²) in [6.45, 7) is 4.65. The molecule has 182 valence electrons. The Kier molecular flexibility index (Phi) is 7.23. The van der Waals surface area contributed by atoms with E-state index in [4.69, 9.17) is 5.73 Å². The van der Waals surface area contributed by atoms with Gasteiger partial charge in [-0.15, -0.1) is 0 Å². The first-order chi connectivity index (χ1) is 16.4. The minimum atomic E-state index is -0.974. The summed E-state index contributed by atoms with van der Waals surface area (Å²) in [5.74, 6) is -2.05. The molecule has 2 saturated heterocycles. The molecule has 11 nitrogen and oxygen atoms in total. The van der Waals surface area contributed by atoms with Crippen LogP contribution in [0.1, 0.15) is 46.4 Å². The van der Waals surface area contributed by atoms with Crippen LogP contribution in [0.4, 0.5) is 5.69 Å². The topological polar surface area (TPSA) is 145 Å². The van der Waals surface area contributed by atoms with Crippen LogP contribution in [0.5, 0.6) is 0 Å². The zero-order chi connectivity index (χ0) is 24.2. The molecule has 5 amide bonds. The van der Waals surface area contributed by atoms with Crippen molar-refractivity contribution in [1.29, 1.82) is 0 Å². The van der Waals surface area contributed by atoms with Crippen molar-refractivity contribution in [1.82, 2.24) is 20.0 Å². The van der Waals surface area contributed by atoms with Gasteiger partial charge < -0.3 is 16.0 Å². The molecular weight excluding hydrogens is 440 g/mol. The first-order valence-corrected chi connectivity index (χ1v) is 11.7. The number of imide groups is 2. The van der Waals surface area contributed by atoms with E-state index in [2.05, 4.69) is 15.5 Å². The second-order valence-corrected chi connectivity index (χ2v) is 8.74. The van der Waals surface area contributed by atoms with Gasteiger partial charge in [-0.05, 0) is 37.9 Å². The van der Waals surface area contributed by atoms with Crippen LogP contribution in [-0.2, 0) is 14.4 Å². The highest BCUT2D eigenvalue weighted by Gasteiger charge is 2.45. The molecule has 1 atom stereocenters. The van der Waals surface area contributed by atoms with E-state index in [9.17, 15) is 24.0 Å². The number of rotatable bonds is 8. The van der Waals surface area contributed by atoms with E-state index in [0.29, 0.717) is 25.3 Å². The standard InChI is InChI=1S/C23H30N6O5/c24-14-19(31)28-12-10-27(11-13-28)9-2-1-8-25-16-5-3-4-15-20(16)23(34)29(22(15)33)17-6-7-18(30)26-21(17)32/h3-5,17,25H,1-2,6-14,24H2,(H,26,30,32). The minimum absolute atomic E-state index is 0.0107. The molecule has 0 bridgehead atoms. The highest BCUT2D eigenvalue weighted by atomic mass is 16.2.